The zero-order valence-corrected chi connectivity index (χ0v) is 14.0. The summed E-state index contributed by atoms with van der Waals surface area (Å²) < 4.78 is 0. The molecule has 8 heteroatoms. The topological polar surface area (TPSA) is 149 Å². The van der Waals surface area contributed by atoms with Crippen LogP contribution in [-0.4, -0.2) is 44.3 Å². The third-order valence-corrected chi connectivity index (χ3v) is 4.27. The highest BCUT2D eigenvalue weighted by Gasteiger charge is 2.32. The Kier molecular flexibility index (Phi) is 4.54. The summed E-state index contributed by atoms with van der Waals surface area (Å²) in [5.74, 6) is -6.73. The van der Waals surface area contributed by atoms with Crippen LogP contribution in [0.3, 0.4) is 0 Å². The minimum Gasteiger partial charge on any atom is -0.478 e. The average Bonchev–Trinajstić information content (AvgIpc) is 2.65. The van der Waals surface area contributed by atoms with Crippen LogP contribution in [0.4, 0.5) is 0 Å². The second-order valence-electron chi connectivity index (χ2n) is 5.84. The molecule has 140 valence electrons. The quantitative estimate of drug-likeness (QED) is 0.527. The molecule has 4 N–H and O–H groups in total. The molecule has 28 heavy (non-hydrogen) atoms. The molecular formula is C20H12O8. The summed E-state index contributed by atoms with van der Waals surface area (Å²) in [6.07, 6.45) is 0. The van der Waals surface area contributed by atoms with Gasteiger partial charge in [-0.15, -0.1) is 0 Å². The van der Waals surface area contributed by atoms with E-state index in [2.05, 4.69) is 0 Å². The summed E-state index contributed by atoms with van der Waals surface area (Å²) in [6, 6.07) is 11.9. The van der Waals surface area contributed by atoms with Gasteiger partial charge < -0.3 is 20.4 Å². The number of hydrogen-bond acceptors (Lipinski definition) is 4. The molecule has 3 aromatic carbocycles. The predicted octanol–water partition coefficient (Wildman–Crippen LogP) is 3.30. The van der Waals surface area contributed by atoms with Crippen LogP contribution >= 0.6 is 0 Å². The molecule has 0 amide bonds. The van der Waals surface area contributed by atoms with E-state index in [1.54, 1.807) is 36.4 Å². The van der Waals surface area contributed by atoms with Crippen molar-refractivity contribution in [2.75, 3.05) is 0 Å². The molecule has 0 saturated heterocycles. The first-order valence-corrected chi connectivity index (χ1v) is 7.86. The highest BCUT2D eigenvalue weighted by atomic mass is 16.4. The van der Waals surface area contributed by atoms with Crippen molar-refractivity contribution in [1.29, 1.82) is 0 Å². The van der Waals surface area contributed by atoms with Gasteiger partial charge in [-0.25, -0.2) is 19.2 Å². The molecule has 0 aromatic heterocycles. The maximum atomic E-state index is 11.9. The van der Waals surface area contributed by atoms with Gasteiger partial charge in [0.25, 0.3) is 0 Å². The van der Waals surface area contributed by atoms with Crippen LogP contribution < -0.4 is 0 Å². The van der Waals surface area contributed by atoms with Crippen molar-refractivity contribution in [1.82, 2.24) is 0 Å². The molecule has 0 heterocycles. The van der Waals surface area contributed by atoms with Gasteiger partial charge in [-0.2, -0.15) is 0 Å². The fourth-order valence-electron chi connectivity index (χ4n) is 3.18. The summed E-state index contributed by atoms with van der Waals surface area (Å²) in [5, 5.41) is 39.3. The molecule has 0 aliphatic carbocycles. The van der Waals surface area contributed by atoms with Crippen molar-refractivity contribution in [3.63, 3.8) is 0 Å². The number of aromatic carboxylic acids is 4. The Morgan fingerprint density at radius 3 is 1.61 bits per heavy atom. The summed E-state index contributed by atoms with van der Waals surface area (Å²) in [6.45, 7) is 0. The zero-order valence-electron chi connectivity index (χ0n) is 14.0. The van der Waals surface area contributed by atoms with Crippen LogP contribution in [0.25, 0.3) is 21.9 Å². The van der Waals surface area contributed by atoms with Crippen molar-refractivity contribution < 1.29 is 39.6 Å². The van der Waals surface area contributed by atoms with Gasteiger partial charge in [-0.05, 0) is 22.4 Å². The van der Waals surface area contributed by atoms with Crippen molar-refractivity contribution in [3.8, 4) is 11.1 Å². The number of carboxylic acid groups (broad SMARTS) is 4. The van der Waals surface area contributed by atoms with Crippen LogP contribution in [0.1, 0.15) is 41.4 Å². The van der Waals surface area contributed by atoms with Crippen molar-refractivity contribution in [3.05, 3.63) is 70.8 Å². The van der Waals surface area contributed by atoms with Gasteiger partial charge in [0.2, 0.25) is 0 Å². The molecule has 0 radical (unpaired) electrons. The third kappa shape index (κ3) is 2.92. The van der Waals surface area contributed by atoms with E-state index in [-0.39, 0.29) is 5.56 Å². The SMILES string of the molecule is O=C(O)c1cc(C(=O)O)c(C(=O)O)c(-c2cccc3ccccc23)c1C(=O)O. The summed E-state index contributed by atoms with van der Waals surface area (Å²) >= 11 is 0. The molecule has 0 bridgehead atoms. The highest BCUT2D eigenvalue weighted by molar-refractivity contribution is 6.18. The number of fused-ring (bicyclic) bond motifs is 1. The lowest BCUT2D eigenvalue weighted by Gasteiger charge is -2.17. The first kappa shape index (κ1) is 18.6. The monoisotopic (exact) mass is 380 g/mol. The van der Waals surface area contributed by atoms with Crippen molar-refractivity contribution in [2.45, 2.75) is 0 Å². The van der Waals surface area contributed by atoms with E-state index in [1.807, 2.05) is 0 Å². The Balaban J connectivity index is 2.64. The van der Waals surface area contributed by atoms with Crippen LogP contribution in [0.5, 0.6) is 0 Å². The van der Waals surface area contributed by atoms with Crippen molar-refractivity contribution in [2.24, 2.45) is 0 Å². The zero-order chi connectivity index (χ0) is 20.6. The molecule has 8 nitrogen and oxygen atoms in total. The molecule has 0 atom stereocenters. The van der Waals surface area contributed by atoms with Crippen LogP contribution in [0.15, 0.2) is 48.5 Å². The molecule has 0 fully saturated rings. The number of carboxylic acids is 4. The summed E-state index contributed by atoms with van der Waals surface area (Å²) in [7, 11) is 0. The average molecular weight is 380 g/mol. The molecule has 0 saturated carbocycles. The third-order valence-electron chi connectivity index (χ3n) is 4.27. The van der Waals surface area contributed by atoms with E-state index in [1.165, 1.54) is 6.07 Å². The van der Waals surface area contributed by atoms with E-state index in [0.717, 1.165) is 0 Å². The summed E-state index contributed by atoms with van der Waals surface area (Å²) in [4.78, 5) is 47.1. The largest absolute Gasteiger partial charge is 0.478 e. The normalized spacial score (nSPS) is 10.6. The lowest BCUT2D eigenvalue weighted by Crippen LogP contribution is -2.18. The number of rotatable bonds is 5. The lowest BCUT2D eigenvalue weighted by atomic mass is 9.85. The molecule has 3 aromatic rings. The van der Waals surface area contributed by atoms with Gasteiger partial charge >= 0.3 is 23.9 Å². The molecule has 0 unspecified atom stereocenters. The molecule has 3 rings (SSSR count). The van der Waals surface area contributed by atoms with Gasteiger partial charge in [0, 0.05) is 5.56 Å². The van der Waals surface area contributed by atoms with E-state index >= 15 is 0 Å². The van der Waals surface area contributed by atoms with E-state index in [4.69, 9.17) is 0 Å². The van der Waals surface area contributed by atoms with Crippen LogP contribution in [0.2, 0.25) is 0 Å². The van der Waals surface area contributed by atoms with E-state index in [0.29, 0.717) is 16.8 Å². The minimum absolute atomic E-state index is 0.110. The number of hydrogen-bond donors (Lipinski definition) is 4. The standard InChI is InChI=1S/C20H12O8/c21-17(22)12-8-13(18(23)24)16(20(27)28)14(15(12)19(25)26)11-7-3-5-9-4-1-2-6-10(9)11/h1-8H,(H,21,22)(H,23,24)(H,25,26)(H,27,28). The lowest BCUT2D eigenvalue weighted by molar-refractivity contribution is 0.0638. The van der Waals surface area contributed by atoms with E-state index < -0.39 is 51.7 Å². The highest BCUT2D eigenvalue weighted by Crippen LogP contribution is 2.37. The Morgan fingerprint density at radius 1 is 0.607 bits per heavy atom. The van der Waals surface area contributed by atoms with E-state index in [9.17, 15) is 39.6 Å². The maximum Gasteiger partial charge on any atom is 0.337 e. The first-order chi connectivity index (χ1) is 13.2. The Morgan fingerprint density at radius 2 is 1.11 bits per heavy atom. The van der Waals surface area contributed by atoms with Gasteiger partial charge in [0.05, 0.1) is 22.3 Å². The molecular weight excluding hydrogens is 368 g/mol. The second-order valence-corrected chi connectivity index (χ2v) is 5.84. The fraction of sp³-hybridized carbons (Fsp3) is 0. The molecule has 0 aliphatic rings. The maximum absolute atomic E-state index is 11.9. The molecule has 0 aliphatic heterocycles. The predicted molar refractivity (Wildman–Crippen MR) is 97.2 cm³/mol. The number of carbonyl (C=O) groups is 4. The Bertz CT molecular complexity index is 1120. The van der Waals surface area contributed by atoms with Crippen LogP contribution in [0, 0.1) is 0 Å². The second kappa shape index (κ2) is 6.84. The van der Waals surface area contributed by atoms with Gasteiger partial charge in [-0.1, -0.05) is 42.5 Å². The smallest absolute Gasteiger partial charge is 0.337 e. The minimum atomic E-state index is -1.68. The first-order valence-electron chi connectivity index (χ1n) is 7.86. The summed E-state index contributed by atoms with van der Waals surface area (Å²) in [5.41, 5.74) is -3.54. The number of benzene rings is 3. The van der Waals surface area contributed by atoms with Gasteiger partial charge in [0.1, 0.15) is 0 Å². The Hall–Kier alpha value is -4.20. The van der Waals surface area contributed by atoms with Gasteiger partial charge in [-0.3, -0.25) is 0 Å². The van der Waals surface area contributed by atoms with Crippen molar-refractivity contribution >= 4 is 34.6 Å². The Labute approximate surface area is 156 Å². The van der Waals surface area contributed by atoms with Gasteiger partial charge in [0.15, 0.2) is 0 Å². The van der Waals surface area contributed by atoms with Crippen LogP contribution in [-0.2, 0) is 0 Å². The fourth-order valence-corrected chi connectivity index (χ4v) is 3.18. The molecule has 0 spiro atoms.